The minimum absolute atomic E-state index is 0.249. The predicted octanol–water partition coefficient (Wildman–Crippen LogP) is 0.930. The second-order valence-electron chi connectivity index (χ2n) is 3.68. The van der Waals surface area contributed by atoms with Gasteiger partial charge in [0.15, 0.2) is 0 Å². The Morgan fingerprint density at radius 1 is 1.56 bits per heavy atom. The average Bonchev–Trinajstić information content (AvgIpc) is 2.89. The largest absolute Gasteiger partial charge is 0.495 e. The maximum absolute atomic E-state index is 11.9. The SMILES string of the molecule is COc1cccc(C(=O)NCc2cnc[nH]2)c1N. The van der Waals surface area contributed by atoms with Crippen LogP contribution < -0.4 is 15.8 Å². The highest BCUT2D eigenvalue weighted by Gasteiger charge is 2.12. The highest BCUT2D eigenvalue weighted by Crippen LogP contribution is 2.24. The topological polar surface area (TPSA) is 93.0 Å². The summed E-state index contributed by atoms with van der Waals surface area (Å²) in [5.41, 5.74) is 7.39. The fourth-order valence-corrected chi connectivity index (χ4v) is 1.57. The first kappa shape index (κ1) is 12.0. The van der Waals surface area contributed by atoms with Gasteiger partial charge in [-0.3, -0.25) is 4.79 Å². The molecule has 94 valence electrons. The monoisotopic (exact) mass is 246 g/mol. The Bertz CT molecular complexity index is 537. The Balaban J connectivity index is 2.09. The van der Waals surface area contributed by atoms with Crippen LogP contribution in [0.3, 0.4) is 0 Å². The summed E-state index contributed by atoms with van der Waals surface area (Å²) in [7, 11) is 1.51. The molecule has 1 aromatic carbocycles. The Labute approximate surface area is 104 Å². The summed E-state index contributed by atoms with van der Waals surface area (Å²) in [5, 5.41) is 2.75. The number of imidazole rings is 1. The molecule has 0 aliphatic carbocycles. The van der Waals surface area contributed by atoms with Gasteiger partial charge in [0.2, 0.25) is 0 Å². The quantitative estimate of drug-likeness (QED) is 0.700. The first-order valence-corrected chi connectivity index (χ1v) is 5.40. The zero-order valence-corrected chi connectivity index (χ0v) is 9.93. The molecule has 1 amide bonds. The number of hydrogen-bond acceptors (Lipinski definition) is 4. The summed E-state index contributed by atoms with van der Waals surface area (Å²) in [4.78, 5) is 18.7. The Kier molecular flexibility index (Phi) is 3.47. The van der Waals surface area contributed by atoms with Crippen molar-refractivity contribution >= 4 is 11.6 Å². The summed E-state index contributed by atoms with van der Waals surface area (Å²) >= 11 is 0. The van der Waals surface area contributed by atoms with Crippen LogP contribution in [0.1, 0.15) is 16.1 Å². The summed E-state index contributed by atoms with van der Waals surface area (Å²) in [6.07, 6.45) is 3.20. The fourth-order valence-electron chi connectivity index (χ4n) is 1.57. The molecule has 2 aromatic rings. The number of nitrogens with two attached hydrogens (primary N) is 1. The number of amides is 1. The van der Waals surface area contributed by atoms with Gasteiger partial charge >= 0.3 is 0 Å². The second kappa shape index (κ2) is 5.22. The summed E-state index contributed by atoms with van der Waals surface area (Å²) < 4.78 is 5.07. The number of ether oxygens (including phenoxy) is 1. The van der Waals surface area contributed by atoms with Crippen LogP contribution in [0.5, 0.6) is 5.75 Å². The number of carbonyl (C=O) groups excluding carboxylic acids is 1. The van der Waals surface area contributed by atoms with Gasteiger partial charge in [-0.2, -0.15) is 0 Å². The maximum Gasteiger partial charge on any atom is 0.253 e. The van der Waals surface area contributed by atoms with Crippen LogP contribution in [0.15, 0.2) is 30.7 Å². The van der Waals surface area contributed by atoms with Gasteiger partial charge in [0.25, 0.3) is 5.91 Å². The summed E-state index contributed by atoms with van der Waals surface area (Å²) in [5.74, 6) is 0.241. The van der Waals surface area contributed by atoms with Crippen molar-refractivity contribution in [2.24, 2.45) is 0 Å². The van der Waals surface area contributed by atoms with E-state index in [9.17, 15) is 4.79 Å². The van der Waals surface area contributed by atoms with E-state index in [2.05, 4.69) is 15.3 Å². The van der Waals surface area contributed by atoms with Crippen molar-refractivity contribution in [2.45, 2.75) is 6.54 Å². The smallest absolute Gasteiger partial charge is 0.253 e. The van der Waals surface area contributed by atoms with Crippen LogP contribution in [-0.2, 0) is 6.54 Å². The van der Waals surface area contributed by atoms with Crippen LogP contribution in [0.25, 0.3) is 0 Å². The van der Waals surface area contributed by atoms with E-state index in [0.29, 0.717) is 23.5 Å². The van der Waals surface area contributed by atoms with Gasteiger partial charge in [0.1, 0.15) is 5.75 Å². The summed E-state index contributed by atoms with van der Waals surface area (Å²) in [6, 6.07) is 5.08. The van der Waals surface area contributed by atoms with Gasteiger partial charge in [0.05, 0.1) is 36.9 Å². The molecule has 18 heavy (non-hydrogen) atoms. The molecule has 0 radical (unpaired) electrons. The molecule has 0 unspecified atom stereocenters. The maximum atomic E-state index is 11.9. The standard InChI is InChI=1S/C12H14N4O2/c1-18-10-4-2-3-9(11(10)13)12(17)15-6-8-5-14-7-16-8/h2-5,7H,6,13H2,1H3,(H,14,16)(H,15,17). The van der Waals surface area contributed by atoms with E-state index in [-0.39, 0.29) is 5.91 Å². The Morgan fingerprint density at radius 3 is 3.06 bits per heavy atom. The molecule has 0 saturated carbocycles. The molecule has 2 rings (SSSR count). The molecule has 0 aliphatic heterocycles. The first-order valence-electron chi connectivity index (χ1n) is 5.40. The lowest BCUT2D eigenvalue weighted by Gasteiger charge is -2.09. The van der Waals surface area contributed by atoms with Crippen LogP contribution in [-0.4, -0.2) is 23.0 Å². The first-order chi connectivity index (χ1) is 8.72. The number of aromatic amines is 1. The lowest BCUT2D eigenvalue weighted by Crippen LogP contribution is -2.24. The molecule has 1 heterocycles. The van der Waals surface area contributed by atoms with Gasteiger partial charge in [0, 0.05) is 6.20 Å². The van der Waals surface area contributed by atoms with Crippen molar-refractivity contribution in [1.82, 2.24) is 15.3 Å². The Hall–Kier alpha value is -2.50. The number of aromatic nitrogens is 2. The van der Waals surface area contributed by atoms with Crippen molar-refractivity contribution < 1.29 is 9.53 Å². The van der Waals surface area contributed by atoms with E-state index in [0.717, 1.165) is 5.69 Å². The minimum Gasteiger partial charge on any atom is -0.495 e. The highest BCUT2D eigenvalue weighted by atomic mass is 16.5. The normalized spacial score (nSPS) is 10.1. The molecule has 0 atom stereocenters. The van der Waals surface area contributed by atoms with E-state index >= 15 is 0 Å². The van der Waals surface area contributed by atoms with Gasteiger partial charge < -0.3 is 20.8 Å². The van der Waals surface area contributed by atoms with Crippen LogP contribution >= 0.6 is 0 Å². The predicted molar refractivity (Wildman–Crippen MR) is 67.2 cm³/mol. The molecular formula is C12H14N4O2. The van der Waals surface area contributed by atoms with Crippen molar-refractivity contribution in [2.75, 3.05) is 12.8 Å². The number of nitrogen functional groups attached to an aromatic ring is 1. The van der Waals surface area contributed by atoms with Crippen molar-refractivity contribution in [3.05, 3.63) is 42.0 Å². The number of rotatable bonds is 4. The van der Waals surface area contributed by atoms with Crippen LogP contribution in [0, 0.1) is 0 Å². The molecule has 0 fully saturated rings. The third-order valence-corrected chi connectivity index (χ3v) is 2.52. The molecule has 4 N–H and O–H groups in total. The van der Waals surface area contributed by atoms with Crippen LogP contribution in [0.2, 0.25) is 0 Å². The molecular weight excluding hydrogens is 232 g/mol. The molecule has 6 heteroatoms. The number of benzene rings is 1. The molecule has 0 aliphatic rings. The van der Waals surface area contributed by atoms with Gasteiger partial charge in [-0.25, -0.2) is 4.98 Å². The third kappa shape index (κ3) is 2.42. The van der Waals surface area contributed by atoms with Gasteiger partial charge in [-0.05, 0) is 12.1 Å². The van der Waals surface area contributed by atoms with E-state index in [1.54, 1.807) is 30.7 Å². The van der Waals surface area contributed by atoms with E-state index in [1.807, 2.05) is 0 Å². The van der Waals surface area contributed by atoms with Crippen molar-refractivity contribution in [1.29, 1.82) is 0 Å². The average molecular weight is 246 g/mol. The van der Waals surface area contributed by atoms with Crippen molar-refractivity contribution in [3.63, 3.8) is 0 Å². The van der Waals surface area contributed by atoms with Gasteiger partial charge in [-0.1, -0.05) is 6.07 Å². The number of nitrogens with one attached hydrogen (secondary N) is 2. The van der Waals surface area contributed by atoms with E-state index < -0.39 is 0 Å². The molecule has 0 spiro atoms. The highest BCUT2D eigenvalue weighted by molar-refractivity contribution is 6.00. The number of carbonyl (C=O) groups is 1. The lowest BCUT2D eigenvalue weighted by molar-refractivity contribution is 0.0951. The van der Waals surface area contributed by atoms with E-state index in [1.165, 1.54) is 7.11 Å². The van der Waals surface area contributed by atoms with Crippen LogP contribution in [0.4, 0.5) is 5.69 Å². The number of anilines is 1. The fraction of sp³-hybridized carbons (Fsp3) is 0.167. The summed E-state index contributed by atoms with van der Waals surface area (Å²) in [6.45, 7) is 0.371. The number of hydrogen-bond donors (Lipinski definition) is 3. The van der Waals surface area contributed by atoms with Gasteiger partial charge in [-0.15, -0.1) is 0 Å². The molecule has 0 saturated heterocycles. The molecule has 1 aromatic heterocycles. The minimum atomic E-state index is -0.249. The zero-order valence-electron chi connectivity index (χ0n) is 9.93. The lowest BCUT2D eigenvalue weighted by atomic mass is 10.1. The number of methoxy groups -OCH3 is 1. The zero-order chi connectivity index (χ0) is 13.0. The second-order valence-corrected chi connectivity index (χ2v) is 3.68. The number of para-hydroxylation sites is 1. The molecule has 6 nitrogen and oxygen atoms in total. The third-order valence-electron chi connectivity index (χ3n) is 2.52. The van der Waals surface area contributed by atoms with Crippen molar-refractivity contribution in [3.8, 4) is 5.75 Å². The van der Waals surface area contributed by atoms with E-state index in [4.69, 9.17) is 10.5 Å². The number of nitrogens with zero attached hydrogens (tertiary/aromatic N) is 1. The Morgan fingerprint density at radius 2 is 2.39 bits per heavy atom. The number of H-pyrrole nitrogens is 1. The molecule has 0 bridgehead atoms.